The van der Waals surface area contributed by atoms with Gasteiger partial charge < -0.3 is 16.4 Å². The molecule has 100 valence electrons. The maximum absolute atomic E-state index is 10.7. The van der Waals surface area contributed by atoms with Gasteiger partial charge in [0.15, 0.2) is 0 Å². The summed E-state index contributed by atoms with van der Waals surface area (Å²) >= 11 is 0. The molecule has 0 fully saturated rings. The number of hydrogen-bond donors (Lipinski definition) is 3. The molecule has 1 atom stereocenters. The van der Waals surface area contributed by atoms with E-state index in [-0.39, 0.29) is 6.04 Å². The van der Waals surface area contributed by atoms with Crippen LogP contribution in [-0.4, -0.2) is 15.8 Å². The smallest absolute Gasteiger partial charge is 0.316 e. The molecule has 0 saturated heterocycles. The number of carbonyl (C=O) groups excluding carboxylic acids is 1. The van der Waals surface area contributed by atoms with E-state index in [1.165, 1.54) is 0 Å². The minimum Gasteiger partial charge on any atom is -0.377 e. The summed E-state index contributed by atoms with van der Waals surface area (Å²) in [5.74, 6) is 0. The Kier molecular flexibility index (Phi) is 3.70. The van der Waals surface area contributed by atoms with Crippen LogP contribution in [0.4, 0.5) is 16.2 Å². The summed E-state index contributed by atoms with van der Waals surface area (Å²) in [6.07, 6.45) is 1.77. The maximum atomic E-state index is 10.7. The Hall–Kier alpha value is -2.50. The first-order valence-electron chi connectivity index (χ1n) is 5.97. The number of hydrogen-bond acceptors (Lipinski definition) is 3. The van der Waals surface area contributed by atoms with E-state index < -0.39 is 6.03 Å². The summed E-state index contributed by atoms with van der Waals surface area (Å²) < 4.78 is 1.83. The number of urea groups is 1. The van der Waals surface area contributed by atoms with Crippen molar-refractivity contribution in [3.63, 3.8) is 0 Å². The number of nitrogens with two attached hydrogens (primary N) is 1. The third-order valence-electron chi connectivity index (χ3n) is 2.84. The average molecular weight is 259 g/mol. The summed E-state index contributed by atoms with van der Waals surface area (Å²) in [5, 5.41) is 10.0. The molecule has 2 rings (SSSR count). The van der Waals surface area contributed by atoms with Crippen molar-refractivity contribution >= 4 is 17.4 Å². The van der Waals surface area contributed by atoms with Crippen LogP contribution in [0.1, 0.15) is 18.7 Å². The summed E-state index contributed by atoms with van der Waals surface area (Å²) in [7, 11) is 1.91. The van der Waals surface area contributed by atoms with Crippen LogP contribution in [0.25, 0.3) is 0 Å². The molecule has 1 heterocycles. The van der Waals surface area contributed by atoms with Crippen molar-refractivity contribution in [3.05, 3.63) is 42.2 Å². The van der Waals surface area contributed by atoms with E-state index in [0.717, 1.165) is 11.4 Å². The number of aromatic nitrogens is 2. The number of aryl methyl sites for hydroxylation is 1. The van der Waals surface area contributed by atoms with Crippen molar-refractivity contribution in [2.45, 2.75) is 13.0 Å². The third-order valence-corrected chi connectivity index (χ3v) is 2.84. The van der Waals surface area contributed by atoms with E-state index in [1.54, 1.807) is 18.3 Å². The molecule has 6 nitrogen and oxygen atoms in total. The van der Waals surface area contributed by atoms with Crippen LogP contribution in [-0.2, 0) is 7.05 Å². The highest BCUT2D eigenvalue weighted by molar-refractivity contribution is 5.87. The van der Waals surface area contributed by atoms with Crippen molar-refractivity contribution in [3.8, 4) is 0 Å². The van der Waals surface area contributed by atoms with E-state index in [2.05, 4.69) is 22.7 Å². The number of primary amides is 1. The highest BCUT2D eigenvalue weighted by Gasteiger charge is 2.08. The second-order valence-corrected chi connectivity index (χ2v) is 4.31. The maximum Gasteiger partial charge on any atom is 0.316 e. The lowest BCUT2D eigenvalue weighted by atomic mass is 10.2. The third kappa shape index (κ3) is 3.25. The molecule has 1 aromatic carbocycles. The lowest BCUT2D eigenvalue weighted by Crippen LogP contribution is -2.19. The predicted molar refractivity (Wildman–Crippen MR) is 74.9 cm³/mol. The van der Waals surface area contributed by atoms with E-state index in [9.17, 15) is 4.79 Å². The van der Waals surface area contributed by atoms with Crippen LogP contribution in [0.5, 0.6) is 0 Å². The Bertz CT molecular complexity index is 561. The predicted octanol–water partition coefficient (Wildman–Crippen LogP) is 2.08. The van der Waals surface area contributed by atoms with Gasteiger partial charge in [0.05, 0.1) is 11.7 Å². The Balaban J connectivity index is 2.03. The molecule has 2 aromatic rings. The fourth-order valence-electron chi connectivity index (χ4n) is 1.92. The molecule has 0 bridgehead atoms. The SMILES string of the molecule is CC(Nc1ccc(NC(N)=O)cc1)c1ccnn1C. The molecule has 0 aliphatic carbocycles. The second kappa shape index (κ2) is 5.43. The second-order valence-electron chi connectivity index (χ2n) is 4.31. The van der Waals surface area contributed by atoms with E-state index >= 15 is 0 Å². The molecule has 0 spiro atoms. The Labute approximate surface area is 111 Å². The van der Waals surface area contributed by atoms with E-state index in [1.807, 2.05) is 29.9 Å². The van der Waals surface area contributed by atoms with Crippen molar-refractivity contribution in [2.75, 3.05) is 10.6 Å². The van der Waals surface area contributed by atoms with Crippen LogP contribution in [0.2, 0.25) is 0 Å². The van der Waals surface area contributed by atoms with Gasteiger partial charge in [-0.3, -0.25) is 4.68 Å². The van der Waals surface area contributed by atoms with E-state index in [4.69, 9.17) is 5.73 Å². The molecule has 0 aliphatic heterocycles. The minimum absolute atomic E-state index is 0.141. The molecule has 0 aliphatic rings. The molecular formula is C13H17N5O. The van der Waals surface area contributed by atoms with Gasteiger partial charge in [0.2, 0.25) is 0 Å². The summed E-state index contributed by atoms with van der Waals surface area (Å²) in [6.45, 7) is 2.06. The fraction of sp³-hybridized carbons (Fsp3) is 0.231. The van der Waals surface area contributed by atoms with Crippen molar-refractivity contribution in [1.82, 2.24) is 9.78 Å². The van der Waals surface area contributed by atoms with Crippen LogP contribution < -0.4 is 16.4 Å². The first kappa shape index (κ1) is 12.9. The minimum atomic E-state index is -0.566. The molecular weight excluding hydrogens is 242 g/mol. The topological polar surface area (TPSA) is 85.0 Å². The molecule has 0 radical (unpaired) electrons. The van der Waals surface area contributed by atoms with Gasteiger partial charge in [-0.05, 0) is 37.3 Å². The van der Waals surface area contributed by atoms with Crippen LogP contribution in [0, 0.1) is 0 Å². The largest absolute Gasteiger partial charge is 0.377 e. The van der Waals surface area contributed by atoms with Crippen molar-refractivity contribution in [2.24, 2.45) is 12.8 Å². The Morgan fingerprint density at radius 2 is 1.89 bits per heavy atom. The molecule has 1 aromatic heterocycles. The number of carbonyl (C=O) groups is 1. The highest BCUT2D eigenvalue weighted by atomic mass is 16.2. The zero-order chi connectivity index (χ0) is 13.8. The molecule has 6 heteroatoms. The van der Waals surface area contributed by atoms with Gasteiger partial charge in [0.25, 0.3) is 0 Å². The number of amides is 2. The molecule has 4 N–H and O–H groups in total. The Morgan fingerprint density at radius 1 is 1.26 bits per heavy atom. The van der Waals surface area contributed by atoms with E-state index in [0.29, 0.717) is 5.69 Å². The van der Waals surface area contributed by atoms with Crippen molar-refractivity contribution < 1.29 is 4.79 Å². The normalized spacial score (nSPS) is 11.9. The monoisotopic (exact) mass is 259 g/mol. The zero-order valence-corrected chi connectivity index (χ0v) is 10.9. The lowest BCUT2D eigenvalue weighted by Gasteiger charge is -2.15. The standard InChI is InChI=1S/C13H17N5O/c1-9(12-7-8-15-18(12)2)16-10-3-5-11(6-4-10)17-13(14)19/h3-9,16H,1-2H3,(H3,14,17,19). The molecule has 0 saturated carbocycles. The van der Waals surface area contributed by atoms with Gasteiger partial charge in [-0.2, -0.15) is 5.10 Å². The van der Waals surface area contributed by atoms with Gasteiger partial charge >= 0.3 is 6.03 Å². The number of benzene rings is 1. The molecule has 19 heavy (non-hydrogen) atoms. The lowest BCUT2D eigenvalue weighted by molar-refractivity contribution is 0.259. The first-order chi connectivity index (χ1) is 9.06. The molecule has 2 amide bonds. The van der Waals surface area contributed by atoms with Gasteiger partial charge in [0.1, 0.15) is 0 Å². The first-order valence-corrected chi connectivity index (χ1v) is 5.97. The average Bonchev–Trinajstić information content (AvgIpc) is 2.77. The number of nitrogens with one attached hydrogen (secondary N) is 2. The van der Waals surface area contributed by atoms with Gasteiger partial charge in [-0.1, -0.05) is 0 Å². The summed E-state index contributed by atoms with van der Waals surface area (Å²) in [6, 6.07) is 8.91. The van der Waals surface area contributed by atoms with Gasteiger partial charge in [0, 0.05) is 24.6 Å². The van der Waals surface area contributed by atoms with Crippen LogP contribution in [0.3, 0.4) is 0 Å². The van der Waals surface area contributed by atoms with Gasteiger partial charge in [-0.25, -0.2) is 4.79 Å². The number of anilines is 2. The number of nitrogens with zero attached hydrogens (tertiary/aromatic N) is 2. The summed E-state index contributed by atoms with van der Waals surface area (Å²) in [5.41, 5.74) is 7.78. The summed E-state index contributed by atoms with van der Waals surface area (Å²) in [4.78, 5) is 10.7. The fourth-order valence-corrected chi connectivity index (χ4v) is 1.92. The van der Waals surface area contributed by atoms with Gasteiger partial charge in [-0.15, -0.1) is 0 Å². The van der Waals surface area contributed by atoms with Crippen molar-refractivity contribution in [1.29, 1.82) is 0 Å². The molecule has 1 unspecified atom stereocenters. The quantitative estimate of drug-likeness (QED) is 0.785. The van der Waals surface area contributed by atoms with Crippen LogP contribution >= 0.6 is 0 Å². The number of rotatable bonds is 4. The Morgan fingerprint density at radius 3 is 2.42 bits per heavy atom. The zero-order valence-electron chi connectivity index (χ0n) is 10.9. The van der Waals surface area contributed by atoms with Crippen LogP contribution in [0.15, 0.2) is 36.5 Å². The highest BCUT2D eigenvalue weighted by Crippen LogP contribution is 2.20.